The number of benzene rings is 1. The SMILES string of the molecule is CC(Nc1cccc(OCc2cscn2)c1)c1ccncc1. The van der Waals surface area contributed by atoms with E-state index in [1.54, 1.807) is 23.7 Å². The molecule has 0 fully saturated rings. The Kier molecular flexibility index (Phi) is 4.65. The quantitative estimate of drug-likeness (QED) is 0.737. The maximum absolute atomic E-state index is 5.77. The highest BCUT2D eigenvalue weighted by Gasteiger charge is 2.05. The van der Waals surface area contributed by atoms with E-state index in [2.05, 4.69) is 22.2 Å². The Morgan fingerprint density at radius 1 is 1.23 bits per heavy atom. The molecule has 0 bridgehead atoms. The molecule has 0 spiro atoms. The van der Waals surface area contributed by atoms with Crippen LogP contribution in [0, 0.1) is 0 Å². The van der Waals surface area contributed by atoms with Crippen molar-refractivity contribution in [2.75, 3.05) is 5.32 Å². The number of nitrogens with zero attached hydrogens (tertiary/aromatic N) is 2. The molecular weight excluding hydrogens is 294 g/mol. The summed E-state index contributed by atoms with van der Waals surface area (Å²) in [6, 6.07) is 12.2. The van der Waals surface area contributed by atoms with Crippen LogP contribution in [0.4, 0.5) is 5.69 Å². The summed E-state index contributed by atoms with van der Waals surface area (Å²) in [6.07, 6.45) is 3.61. The second kappa shape index (κ2) is 7.04. The van der Waals surface area contributed by atoms with Gasteiger partial charge in [-0.3, -0.25) is 4.98 Å². The lowest BCUT2D eigenvalue weighted by Gasteiger charge is -2.16. The number of anilines is 1. The van der Waals surface area contributed by atoms with Crippen molar-refractivity contribution in [3.05, 3.63) is 70.9 Å². The maximum atomic E-state index is 5.77. The normalized spacial score (nSPS) is 11.9. The van der Waals surface area contributed by atoms with Crippen molar-refractivity contribution < 1.29 is 4.74 Å². The minimum Gasteiger partial charge on any atom is -0.487 e. The third kappa shape index (κ3) is 3.83. The minimum absolute atomic E-state index is 0.205. The van der Waals surface area contributed by atoms with Gasteiger partial charge in [0.05, 0.1) is 11.2 Å². The molecule has 112 valence electrons. The summed E-state index contributed by atoms with van der Waals surface area (Å²) < 4.78 is 5.77. The molecule has 4 nitrogen and oxygen atoms in total. The van der Waals surface area contributed by atoms with Gasteiger partial charge in [0.25, 0.3) is 0 Å². The first-order valence-electron chi connectivity index (χ1n) is 7.07. The van der Waals surface area contributed by atoms with E-state index in [-0.39, 0.29) is 6.04 Å². The molecule has 0 saturated heterocycles. The van der Waals surface area contributed by atoms with Gasteiger partial charge in [-0.2, -0.15) is 0 Å². The van der Waals surface area contributed by atoms with Crippen LogP contribution in [-0.2, 0) is 6.61 Å². The van der Waals surface area contributed by atoms with Crippen molar-refractivity contribution in [2.24, 2.45) is 0 Å². The lowest BCUT2D eigenvalue weighted by atomic mass is 10.1. The molecule has 1 atom stereocenters. The van der Waals surface area contributed by atoms with Crippen molar-refractivity contribution in [3.8, 4) is 5.75 Å². The Bertz CT molecular complexity index is 701. The van der Waals surface area contributed by atoms with Crippen molar-refractivity contribution in [1.82, 2.24) is 9.97 Å². The van der Waals surface area contributed by atoms with Crippen LogP contribution < -0.4 is 10.1 Å². The van der Waals surface area contributed by atoms with Gasteiger partial charge in [0.1, 0.15) is 12.4 Å². The summed E-state index contributed by atoms with van der Waals surface area (Å²) >= 11 is 1.58. The van der Waals surface area contributed by atoms with Crippen molar-refractivity contribution >= 4 is 17.0 Å². The number of nitrogens with one attached hydrogen (secondary N) is 1. The lowest BCUT2D eigenvalue weighted by molar-refractivity contribution is 0.302. The van der Waals surface area contributed by atoms with Gasteiger partial charge in [0.15, 0.2) is 0 Å². The molecule has 3 aromatic rings. The third-order valence-electron chi connectivity index (χ3n) is 3.29. The molecule has 22 heavy (non-hydrogen) atoms. The summed E-state index contributed by atoms with van der Waals surface area (Å²) in [4.78, 5) is 8.26. The van der Waals surface area contributed by atoms with Crippen LogP contribution in [0.5, 0.6) is 5.75 Å². The van der Waals surface area contributed by atoms with Crippen LogP contribution in [-0.4, -0.2) is 9.97 Å². The average Bonchev–Trinajstić information content (AvgIpc) is 3.08. The number of rotatable bonds is 6. The van der Waals surface area contributed by atoms with E-state index in [1.165, 1.54) is 5.56 Å². The van der Waals surface area contributed by atoms with E-state index in [4.69, 9.17) is 4.74 Å². The zero-order valence-electron chi connectivity index (χ0n) is 12.3. The third-order valence-corrected chi connectivity index (χ3v) is 3.93. The van der Waals surface area contributed by atoms with Crippen LogP contribution >= 0.6 is 11.3 Å². The molecule has 1 aromatic carbocycles. The van der Waals surface area contributed by atoms with E-state index in [9.17, 15) is 0 Å². The largest absolute Gasteiger partial charge is 0.487 e. The smallest absolute Gasteiger partial charge is 0.131 e. The topological polar surface area (TPSA) is 47.0 Å². The Morgan fingerprint density at radius 3 is 2.86 bits per heavy atom. The number of thiazole rings is 1. The van der Waals surface area contributed by atoms with Crippen molar-refractivity contribution in [1.29, 1.82) is 0 Å². The number of pyridine rings is 1. The van der Waals surface area contributed by atoms with Gasteiger partial charge in [-0.25, -0.2) is 4.98 Å². The van der Waals surface area contributed by atoms with Gasteiger partial charge in [-0.05, 0) is 36.8 Å². The molecule has 0 aliphatic heterocycles. The molecule has 0 radical (unpaired) electrons. The maximum Gasteiger partial charge on any atom is 0.131 e. The van der Waals surface area contributed by atoms with Crippen molar-refractivity contribution in [2.45, 2.75) is 19.6 Å². The molecule has 1 N–H and O–H groups in total. The van der Waals surface area contributed by atoms with Gasteiger partial charge in [0, 0.05) is 35.6 Å². The fourth-order valence-electron chi connectivity index (χ4n) is 2.13. The van der Waals surface area contributed by atoms with E-state index in [0.717, 1.165) is 17.1 Å². The molecule has 2 aromatic heterocycles. The number of aromatic nitrogens is 2. The molecule has 0 aliphatic rings. The second-order valence-electron chi connectivity index (χ2n) is 4.94. The van der Waals surface area contributed by atoms with E-state index >= 15 is 0 Å². The fourth-order valence-corrected chi connectivity index (χ4v) is 2.67. The zero-order chi connectivity index (χ0) is 15.2. The monoisotopic (exact) mass is 311 g/mol. The molecule has 0 saturated carbocycles. The summed E-state index contributed by atoms with van der Waals surface area (Å²) in [5, 5.41) is 5.46. The molecule has 3 rings (SSSR count). The molecule has 1 unspecified atom stereocenters. The molecule has 0 amide bonds. The Morgan fingerprint density at radius 2 is 2.09 bits per heavy atom. The van der Waals surface area contributed by atoms with Gasteiger partial charge in [-0.1, -0.05) is 6.07 Å². The zero-order valence-corrected chi connectivity index (χ0v) is 13.1. The van der Waals surface area contributed by atoms with Gasteiger partial charge < -0.3 is 10.1 Å². The summed E-state index contributed by atoms with van der Waals surface area (Å²) in [5.41, 5.74) is 4.99. The molecule has 0 aliphatic carbocycles. The van der Waals surface area contributed by atoms with E-state index < -0.39 is 0 Å². The van der Waals surface area contributed by atoms with Gasteiger partial charge >= 0.3 is 0 Å². The fraction of sp³-hybridized carbons (Fsp3) is 0.176. The summed E-state index contributed by atoms with van der Waals surface area (Å²) in [7, 11) is 0. The predicted octanol–water partition coefficient (Wildman–Crippen LogP) is 4.29. The van der Waals surface area contributed by atoms with Gasteiger partial charge in [-0.15, -0.1) is 11.3 Å². The molecule has 2 heterocycles. The van der Waals surface area contributed by atoms with Gasteiger partial charge in [0.2, 0.25) is 0 Å². The van der Waals surface area contributed by atoms with E-state index in [0.29, 0.717) is 6.61 Å². The summed E-state index contributed by atoms with van der Waals surface area (Å²) in [6.45, 7) is 2.62. The van der Waals surface area contributed by atoms with Crippen LogP contribution in [0.1, 0.15) is 24.2 Å². The predicted molar refractivity (Wildman–Crippen MR) is 89.2 cm³/mol. The minimum atomic E-state index is 0.205. The first-order valence-corrected chi connectivity index (χ1v) is 8.02. The number of hydrogen-bond acceptors (Lipinski definition) is 5. The Hall–Kier alpha value is -2.40. The highest BCUT2D eigenvalue weighted by atomic mass is 32.1. The van der Waals surface area contributed by atoms with Crippen LogP contribution in [0.2, 0.25) is 0 Å². The average molecular weight is 311 g/mol. The van der Waals surface area contributed by atoms with Crippen LogP contribution in [0.15, 0.2) is 59.7 Å². The summed E-state index contributed by atoms with van der Waals surface area (Å²) in [5.74, 6) is 0.833. The van der Waals surface area contributed by atoms with E-state index in [1.807, 2.05) is 47.3 Å². The highest BCUT2D eigenvalue weighted by Crippen LogP contribution is 2.23. The van der Waals surface area contributed by atoms with Crippen LogP contribution in [0.3, 0.4) is 0 Å². The Balaban J connectivity index is 1.63. The first kappa shape index (κ1) is 14.5. The molecular formula is C17H17N3OS. The van der Waals surface area contributed by atoms with Crippen LogP contribution in [0.25, 0.3) is 0 Å². The standard InChI is InChI=1S/C17H17N3OS/c1-13(14-5-7-18-8-6-14)20-15-3-2-4-17(9-15)21-10-16-11-22-12-19-16/h2-9,11-13,20H,10H2,1H3. The lowest BCUT2D eigenvalue weighted by Crippen LogP contribution is -2.06. The number of ether oxygens (including phenoxy) is 1. The Labute approximate surface area is 133 Å². The molecule has 5 heteroatoms. The number of hydrogen-bond donors (Lipinski definition) is 1. The highest BCUT2D eigenvalue weighted by molar-refractivity contribution is 7.07. The second-order valence-corrected chi connectivity index (χ2v) is 5.66. The first-order chi connectivity index (χ1) is 10.8. The van der Waals surface area contributed by atoms with Crippen molar-refractivity contribution in [3.63, 3.8) is 0 Å².